The predicted molar refractivity (Wildman–Crippen MR) is 104 cm³/mol. The predicted octanol–water partition coefficient (Wildman–Crippen LogP) is 3.94. The van der Waals surface area contributed by atoms with Crippen molar-refractivity contribution in [1.82, 2.24) is 4.90 Å². The van der Waals surface area contributed by atoms with Crippen molar-refractivity contribution in [2.75, 3.05) is 19.7 Å². The van der Waals surface area contributed by atoms with Crippen molar-refractivity contribution in [1.29, 1.82) is 5.26 Å². The number of hydrogen-bond donors (Lipinski definition) is 2. The number of rotatable bonds is 6. The van der Waals surface area contributed by atoms with Crippen molar-refractivity contribution in [2.45, 2.75) is 12.3 Å². The van der Waals surface area contributed by atoms with Crippen LogP contribution in [0.15, 0.2) is 60.7 Å². The van der Waals surface area contributed by atoms with Crippen molar-refractivity contribution in [3.63, 3.8) is 0 Å². The Morgan fingerprint density at radius 3 is 2.47 bits per heavy atom. The zero-order valence-electron chi connectivity index (χ0n) is 15.8. The zero-order chi connectivity index (χ0) is 21.7. The monoisotopic (exact) mass is 416 g/mol. The van der Waals surface area contributed by atoms with E-state index in [1.54, 1.807) is 30.3 Å². The van der Waals surface area contributed by atoms with E-state index in [1.165, 1.54) is 6.07 Å². The van der Waals surface area contributed by atoms with Gasteiger partial charge in [-0.3, -0.25) is 0 Å². The number of allylic oxidation sites excluding steroid dienone is 2. The minimum absolute atomic E-state index is 0.125. The number of halogens is 3. The molecule has 0 fully saturated rings. The highest BCUT2D eigenvalue weighted by Gasteiger charge is 2.33. The second-order valence-corrected chi connectivity index (χ2v) is 6.66. The first-order chi connectivity index (χ1) is 14.3. The Hall–Kier alpha value is -3.28. The van der Waals surface area contributed by atoms with Gasteiger partial charge >= 0.3 is 6.18 Å². The van der Waals surface area contributed by atoms with Crippen LogP contribution < -0.4 is 4.74 Å². The Morgan fingerprint density at radius 1 is 1.13 bits per heavy atom. The summed E-state index contributed by atoms with van der Waals surface area (Å²) in [6, 6.07) is 11.5. The smallest absolute Gasteiger partial charge is 0.417 e. The summed E-state index contributed by atoms with van der Waals surface area (Å²) in [5.41, 5.74) is 0.198. The van der Waals surface area contributed by atoms with Crippen LogP contribution in [0, 0.1) is 11.3 Å². The van der Waals surface area contributed by atoms with Crippen LogP contribution in [0.3, 0.4) is 0 Å². The molecule has 0 unspecified atom stereocenters. The maximum Gasteiger partial charge on any atom is 0.417 e. The van der Waals surface area contributed by atoms with Gasteiger partial charge in [0.05, 0.1) is 29.9 Å². The lowest BCUT2D eigenvalue weighted by Gasteiger charge is -2.30. The highest BCUT2D eigenvalue weighted by Crippen LogP contribution is 2.34. The van der Waals surface area contributed by atoms with Gasteiger partial charge in [-0.25, -0.2) is 0 Å². The van der Waals surface area contributed by atoms with E-state index in [9.17, 15) is 18.3 Å². The quantitative estimate of drug-likeness (QED) is 0.746. The van der Waals surface area contributed by atoms with E-state index in [4.69, 9.17) is 15.1 Å². The molecule has 0 saturated carbocycles. The van der Waals surface area contributed by atoms with Crippen LogP contribution in [0.2, 0.25) is 0 Å². The number of hydrogen-bond acceptors (Lipinski definition) is 5. The molecule has 0 spiro atoms. The molecule has 2 N–H and O–H groups in total. The van der Waals surface area contributed by atoms with Gasteiger partial charge in [0.15, 0.2) is 0 Å². The fourth-order valence-electron chi connectivity index (χ4n) is 3.07. The van der Waals surface area contributed by atoms with Crippen LogP contribution in [-0.2, 0) is 6.18 Å². The van der Waals surface area contributed by atoms with Gasteiger partial charge in [0, 0.05) is 18.8 Å². The van der Waals surface area contributed by atoms with Crippen molar-refractivity contribution in [3.05, 3.63) is 77.4 Å². The van der Waals surface area contributed by atoms with Gasteiger partial charge < -0.3 is 19.8 Å². The molecular formula is C22H19F3N2O3. The van der Waals surface area contributed by atoms with Crippen LogP contribution in [-0.4, -0.2) is 40.9 Å². The number of nitriles is 1. The SMILES string of the molecule is N#Cc1cc(Oc2ccc(C3=CC=CCN3C[C@H](O)CO)cc2)ccc1C(F)(F)F. The third-order valence-electron chi connectivity index (χ3n) is 4.50. The molecule has 0 aromatic heterocycles. The summed E-state index contributed by atoms with van der Waals surface area (Å²) in [6.45, 7) is 0.523. The van der Waals surface area contributed by atoms with Crippen LogP contribution in [0.1, 0.15) is 16.7 Å². The minimum atomic E-state index is -4.61. The number of aliphatic hydroxyl groups excluding tert-OH is 2. The fraction of sp³-hybridized carbons (Fsp3) is 0.227. The summed E-state index contributed by atoms with van der Waals surface area (Å²) < 4.78 is 44.3. The molecule has 8 heteroatoms. The summed E-state index contributed by atoms with van der Waals surface area (Å²) in [4.78, 5) is 1.92. The molecule has 30 heavy (non-hydrogen) atoms. The van der Waals surface area contributed by atoms with Crippen molar-refractivity contribution in [2.24, 2.45) is 0 Å². The average molecular weight is 416 g/mol. The minimum Gasteiger partial charge on any atom is -0.457 e. The second kappa shape index (κ2) is 9.03. The molecule has 1 aliphatic heterocycles. The Bertz CT molecular complexity index is 992. The molecular weight excluding hydrogens is 397 g/mol. The molecule has 1 heterocycles. The highest BCUT2D eigenvalue weighted by molar-refractivity contribution is 5.67. The van der Waals surface area contributed by atoms with Gasteiger partial charge in [0.1, 0.15) is 11.5 Å². The van der Waals surface area contributed by atoms with Crippen molar-refractivity contribution in [3.8, 4) is 17.6 Å². The first-order valence-electron chi connectivity index (χ1n) is 9.12. The molecule has 1 aliphatic rings. The zero-order valence-corrected chi connectivity index (χ0v) is 15.8. The summed E-state index contributed by atoms with van der Waals surface area (Å²) in [6.07, 6.45) is 0.244. The van der Waals surface area contributed by atoms with E-state index in [0.29, 0.717) is 12.3 Å². The lowest BCUT2D eigenvalue weighted by atomic mass is 10.1. The molecule has 0 radical (unpaired) electrons. The van der Waals surface area contributed by atoms with E-state index in [1.807, 2.05) is 23.1 Å². The molecule has 2 aromatic rings. The first-order valence-corrected chi connectivity index (χ1v) is 9.12. The summed E-state index contributed by atoms with van der Waals surface area (Å²) in [5.74, 6) is 0.524. The van der Waals surface area contributed by atoms with Crippen LogP contribution >= 0.6 is 0 Å². The summed E-state index contributed by atoms with van der Waals surface area (Å²) >= 11 is 0. The van der Waals surface area contributed by atoms with Gasteiger partial charge in [-0.2, -0.15) is 18.4 Å². The van der Waals surface area contributed by atoms with Crippen molar-refractivity contribution >= 4 is 5.70 Å². The van der Waals surface area contributed by atoms with Gasteiger partial charge in [-0.05, 0) is 54.1 Å². The Morgan fingerprint density at radius 2 is 1.83 bits per heavy atom. The Balaban J connectivity index is 1.77. The standard InChI is InChI=1S/C22H19F3N2O3/c23-22(24,25)20-9-8-19(11-16(20)12-26)30-18-6-4-15(5-7-18)21-3-1-2-10-27(21)13-17(29)14-28/h1-9,11,17,28-29H,10,13-14H2/t17-/m0/s1. The number of aliphatic hydroxyl groups is 2. The Labute approximate surface area is 171 Å². The third-order valence-corrected chi connectivity index (χ3v) is 4.50. The van der Waals surface area contributed by atoms with Gasteiger partial charge in [-0.1, -0.05) is 12.2 Å². The van der Waals surface area contributed by atoms with Crippen LogP contribution in [0.25, 0.3) is 5.70 Å². The lowest BCUT2D eigenvalue weighted by molar-refractivity contribution is -0.137. The van der Waals surface area contributed by atoms with E-state index in [2.05, 4.69) is 0 Å². The molecule has 5 nitrogen and oxygen atoms in total. The normalized spacial score (nSPS) is 14.8. The average Bonchev–Trinajstić information content (AvgIpc) is 2.74. The topological polar surface area (TPSA) is 76.7 Å². The van der Waals surface area contributed by atoms with E-state index >= 15 is 0 Å². The molecule has 2 aromatic carbocycles. The number of alkyl halides is 3. The molecule has 0 aliphatic carbocycles. The largest absolute Gasteiger partial charge is 0.457 e. The molecule has 156 valence electrons. The molecule has 1 atom stereocenters. The van der Waals surface area contributed by atoms with Gasteiger partial charge in [-0.15, -0.1) is 0 Å². The van der Waals surface area contributed by atoms with E-state index < -0.39 is 23.4 Å². The number of benzene rings is 2. The molecule has 0 amide bonds. The van der Waals surface area contributed by atoms with Crippen LogP contribution in [0.4, 0.5) is 13.2 Å². The Kier molecular flexibility index (Phi) is 6.45. The maximum absolute atomic E-state index is 12.9. The van der Waals surface area contributed by atoms with Gasteiger partial charge in [0.2, 0.25) is 0 Å². The van der Waals surface area contributed by atoms with Crippen LogP contribution in [0.5, 0.6) is 11.5 Å². The van der Waals surface area contributed by atoms with E-state index in [-0.39, 0.29) is 18.9 Å². The third kappa shape index (κ3) is 5.00. The first kappa shape index (κ1) is 21.4. The number of ether oxygens (including phenoxy) is 1. The summed E-state index contributed by atoms with van der Waals surface area (Å²) in [5, 5.41) is 27.8. The fourth-order valence-corrected chi connectivity index (χ4v) is 3.07. The molecule has 0 saturated heterocycles. The van der Waals surface area contributed by atoms with E-state index in [0.717, 1.165) is 23.4 Å². The number of β-amino-alcohol motifs (C(OH)–C–C–N with tert-alkyl or cyclic N) is 1. The van der Waals surface area contributed by atoms with Gasteiger partial charge in [0.25, 0.3) is 0 Å². The molecule has 0 bridgehead atoms. The highest BCUT2D eigenvalue weighted by atomic mass is 19.4. The summed E-state index contributed by atoms with van der Waals surface area (Å²) in [7, 11) is 0. The molecule has 3 rings (SSSR count). The number of nitrogens with zero attached hydrogens (tertiary/aromatic N) is 2. The maximum atomic E-state index is 12.9. The second-order valence-electron chi connectivity index (χ2n) is 6.66. The lowest BCUT2D eigenvalue weighted by Crippen LogP contribution is -2.34. The van der Waals surface area contributed by atoms with Crippen molar-refractivity contribution < 1.29 is 28.1 Å².